The van der Waals surface area contributed by atoms with Gasteiger partial charge in [-0.3, -0.25) is 5.32 Å². The highest BCUT2D eigenvalue weighted by Gasteiger charge is 2.10. The van der Waals surface area contributed by atoms with Crippen LogP contribution in [0.15, 0.2) is 47.1 Å². The molecular weight excluding hydrogens is 218 g/mol. The number of benzene rings is 1. The van der Waals surface area contributed by atoms with Gasteiger partial charge in [-0.05, 0) is 5.56 Å². The first-order chi connectivity index (χ1) is 8.25. The van der Waals surface area contributed by atoms with E-state index in [1.54, 1.807) is 18.0 Å². The van der Waals surface area contributed by atoms with Gasteiger partial charge in [-0.25, -0.2) is 4.79 Å². The number of anilines is 1. The molecule has 0 aliphatic heterocycles. The minimum absolute atomic E-state index is 0.231. The lowest BCUT2D eigenvalue weighted by Gasteiger charge is -2.16. The van der Waals surface area contributed by atoms with Gasteiger partial charge in [0, 0.05) is 19.7 Å². The van der Waals surface area contributed by atoms with Crippen molar-refractivity contribution in [1.82, 2.24) is 10.1 Å². The molecule has 0 radical (unpaired) electrons. The third-order valence-corrected chi connectivity index (χ3v) is 2.28. The summed E-state index contributed by atoms with van der Waals surface area (Å²) < 4.78 is 4.80. The average molecular weight is 231 g/mol. The van der Waals surface area contributed by atoms with Gasteiger partial charge in [-0.15, -0.1) is 0 Å². The molecule has 1 aromatic carbocycles. The molecule has 2 amide bonds. The number of hydrogen-bond acceptors (Lipinski definition) is 3. The second-order valence-corrected chi connectivity index (χ2v) is 3.65. The van der Waals surface area contributed by atoms with Crippen LogP contribution in [-0.2, 0) is 6.54 Å². The van der Waals surface area contributed by atoms with E-state index in [1.165, 1.54) is 6.20 Å². The molecule has 0 spiro atoms. The van der Waals surface area contributed by atoms with Gasteiger partial charge in [0.25, 0.3) is 0 Å². The number of carbonyl (C=O) groups excluding carboxylic acids is 1. The molecule has 0 atom stereocenters. The molecule has 88 valence electrons. The van der Waals surface area contributed by atoms with Crippen molar-refractivity contribution < 1.29 is 9.32 Å². The summed E-state index contributed by atoms with van der Waals surface area (Å²) in [6.45, 7) is 0.542. The zero-order valence-electron chi connectivity index (χ0n) is 9.46. The van der Waals surface area contributed by atoms with Crippen LogP contribution >= 0.6 is 0 Å². The van der Waals surface area contributed by atoms with Gasteiger partial charge in [0.15, 0.2) is 0 Å². The summed E-state index contributed by atoms with van der Waals surface area (Å²) in [5.74, 6) is 0.343. The summed E-state index contributed by atoms with van der Waals surface area (Å²) in [6, 6.07) is 11.1. The smallest absolute Gasteiger partial charge is 0.324 e. The number of nitrogens with one attached hydrogen (secondary N) is 1. The van der Waals surface area contributed by atoms with Crippen LogP contribution in [0.25, 0.3) is 0 Å². The Morgan fingerprint density at radius 3 is 2.76 bits per heavy atom. The fourth-order valence-electron chi connectivity index (χ4n) is 1.41. The molecule has 0 unspecified atom stereocenters. The summed E-state index contributed by atoms with van der Waals surface area (Å²) >= 11 is 0. The average Bonchev–Trinajstić information content (AvgIpc) is 2.83. The molecule has 1 aromatic heterocycles. The van der Waals surface area contributed by atoms with E-state index < -0.39 is 0 Å². The summed E-state index contributed by atoms with van der Waals surface area (Å²) in [4.78, 5) is 13.3. The molecule has 1 heterocycles. The first kappa shape index (κ1) is 11.2. The van der Waals surface area contributed by atoms with Crippen LogP contribution in [0.4, 0.5) is 10.7 Å². The van der Waals surface area contributed by atoms with Crippen molar-refractivity contribution in [1.29, 1.82) is 0 Å². The van der Waals surface area contributed by atoms with Gasteiger partial charge in [0.05, 0.1) is 6.20 Å². The molecule has 0 fully saturated rings. The Bertz CT molecular complexity index is 468. The van der Waals surface area contributed by atoms with Gasteiger partial charge < -0.3 is 9.42 Å². The maximum Gasteiger partial charge on any atom is 0.324 e. The molecule has 2 rings (SSSR count). The SMILES string of the molecule is CN(Cc1ccccc1)C(=O)Nc1ccno1. The van der Waals surface area contributed by atoms with Crippen LogP contribution in [0, 0.1) is 0 Å². The Balaban J connectivity index is 1.92. The molecule has 0 bridgehead atoms. The first-order valence-electron chi connectivity index (χ1n) is 5.22. The lowest BCUT2D eigenvalue weighted by molar-refractivity contribution is 0.219. The van der Waals surface area contributed by atoms with Crippen molar-refractivity contribution in [2.75, 3.05) is 12.4 Å². The molecule has 0 aliphatic rings. The monoisotopic (exact) mass is 231 g/mol. The summed E-state index contributed by atoms with van der Waals surface area (Å²) in [7, 11) is 1.72. The minimum atomic E-state index is -0.231. The molecule has 1 N–H and O–H groups in total. The lowest BCUT2D eigenvalue weighted by atomic mass is 10.2. The number of aromatic nitrogens is 1. The standard InChI is InChI=1S/C12H13N3O2/c1-15(9-10-5-3-2-4-6-10)12(16)14-11-7-8-13-17-11/h2-8H,9H2,1H3,(H,14,16). The molecule has 17 heavy (non-hydrogen) atoms. The molecular formula is C12H13N3O2. The molecule has 5 heteroatoms. The van der Waals surface area contributed by atoms with Crippen LogP contribution in [0.5, 0.6) is 0 Å². The number of rotatable bonds is 3. The number of urea groups is 1. The molecule has 2 aromatic rings. The van der Waals surface area contributed by atoms with E-state index >= 15 is 0 Å². The molecule has 0 saturated heterocycles. The van der Waals surface area contributed by atoms with Crippen molar-refractivity contribution in [2.45, 2.75) is 6.54 Å². The van der Waals surface area contributed by atoms with Crippen LogP contribution in [-0.4, -0.2) is 23.1 Å². The summed E-state index contributed by atoms with van der Waals surface area (Å²) in [5.41, 5.74) is 1.07. The normalized spacial score (nSPS) is 9.94. The van der Waals surface area contributed by atoms with Gasteiger partial charge in [0.1, 0.15) is 0 Å². The largest absolute Gasteiger partial charge is 0.338 e. The fraction of sp³-hybridized carbons (Fsp3) is 0.167. The minimum Gasteiger partial charge on any atom is -0.338 e. The van der Waals surface area contributed by atoms with E-state index in [0.29, 0.717) is 12.4 Å². The van der Waals surface area contributed by atoms with E-state index in [9.17, 15) is 4.79 Å². The number of nitrogens with zero attached hydrogens (tertiary/aromatic N) is 2. The highest BCUT2D eigenvalue weighted by molar-refractivity contribution is 5.87. The fourth-order valence-corrected chi connectivity index (χ4v) is 1.41. The second kappa shape index (κ2) is 5.16. The predicted octanol–water partition coefficient (Wildman–Crippen LogP) is 2.34. The summed E-state index contributed by atoms with van der Waals surface area (Å²) in [6.07, 6.45) is 1.48. The van der Waals surface area contributed by atoms with E-state index in [4.69, 9.17) is 4.52 Å². The summed E-state index contributed by atoms with van der Waals surface area (Å²) in [5, 5.41) is 6.11. The predicted molar refractivity (Wildman–Crippen MR) is 63.4 cm³/mol. The van der Waals surface area contributed by atoms with E-state index in [0.717, 1.165) is 5.56 Å². The van der Waals surface area contributed by atoms with Crippen LogP contribution in [0.3, 0.4) is 0 Å². The molecule has 0 saturated carbocycles. The van der Waals surface area contributed by atoms with Gasteiger partial charge in [-0.1, -0.05) is 35.5 Å². The quantitative estimate of drug-likeness (QED) is 0.882. The number of carbonyl (C=O) groups is 1. The second-order valence-electron chi connectivity index (χ2n) is 3.65. The van der Waals surface area contributed by atoms with Gasteiger partial charge in [0.2, 0.25) is 5.88 Å². The van der Waals surface area contributed by atoms with Crippen LogP contribution in [0.2, 0.25) is 0 Å². The zero-order valence-corrected chi connectivity index (χ0v) is 9.46. The highest BCUT2D eigenvalue weighted by atomic mass is 16.5. The zero-order chi connectivity index (χ0) is 12.1. The van der Waals surface area contributed by atoms with E-state index in [-0.39, 0.29) is 6.03 Å². The Kier molecular flexibility index (Phi) is 3.40. The van der Waals surface area contributed by atoms with Gasteiger partial charge >= 0.3 is 6.03 Å². The van der Waals surface area contributed by atoms with E-state index in [2.05, 4.69) is 10.5 Å². The Hall–Kier alpha value is -2.30. The third-order valence-electron chi connectivity index (χ3n) is 2.28. The maximum absolute atomic E-state index is 11.7. The topological polar surface area (TPSA) is 58.4 Å². The first-order valence-corrected chi connectivity index (χ1v) is 5.22. The maximum atomic E-state index is 11.7. The molecule has 0 aliphatic carbocycles. The van der Waals surface area contributed by atoms with Crippen molar-refractivity contribution in [3.05, 3.63) is 48.2 Å². The van der Waals surface area contributed by atoms with Crippen LogP contribution < -0.4 is 5.32 Å². The van der Waals surface area contributed by atoms with Crippen molar-refractivity contribution in [3.63, 3.8) is 0 Å². The van der Waals surface area contributed by atoms with Crippen molar-refractivity contribution >= 4 is 11.9 Å². The van der Waals surface area contributed by atoms with Gasteiger partial charge in [-0.2, -0.15) is 0 Å². The Labute approximate surface area is 99.0 Å². The van der Waals surface area contributed by atoms with Crippen molar-refractivity contribution in [3.8, 4) is 0 Å². The van der Waals surface area contributed by atoms with Crippen molar-refractivity contribution in [2.24, 2.45) is 0 Å². The highest BCUT2D eigenvalue weighted by Crippen LogP contribution is 2.07. The van der Waals surface area contributed by atoms with E-state index in [1.807, 2.05) is 30.3 Å². The Morgan fingerprint density at radius 2 is 2.12 bits per heavy atom. The Morgan fingerprint density at radius 1 is 1.35 bits per heavy atom. The van der Waals surface area contributed by atoms with Crippen LogP contribution in [0.1, 0.15) is 5.56 Å². The lowest BCUT2D eigenvalue weighted by Crippen LogP contribution is -2.30. The number of hydrogen-bond donors (Lipinski definition) is 1. The third kappa shape index (κ3) is 3.07. The number of amides is 2. The molecule has 5 nitrogen and oxygen atoms in total.